The average molecular weight is 535 g/mol. The molecule has 0 radical (unpaired) electrons. The van der Waals surface area contributed by atoms with Gasteiger partial charge in [-0.15, -0.1) is 0 Å². The van der Waals surface area contributed by atoms with Crippen LogP contribution >= 0.6 is 0 Å². The van der Waals surface area contributed by atoms with Crippen LogP contribution in [0, 0.1) is 5.92 Å². The van der Waals surface area contributed by atoms with E-state index in [0.29, 0.717) is 18.0 Å². The second kappa shape index (κ2) is 10.7. The van der Waals surface area contributed by atoms with E-state index in [1.807, 2.05) is 18.3 Å². The third-order valence-electron chi connectivity index (χ3n) is 8.42. The highest BCUT2D eigenvalue weighted by Crippen LogP contribution is 2.34. The first-order valence-electron chi connectivity index (χ1n) is 14.5. The lowest BCUT2D eigenvalue weighted by molar-refractivity contribution is -0.117. The third-order valence-corrected chi connectivity index (χ3v) is 8.42. The molecule has 7 rings (SSSR count). The Hall–Kier alpha value is -4.27. The summed E-state index contributed by atoms with van der Waals surface area (Å²) in [4.78, 5) is 32.3. The van der Waals surface area contributed by atoms with Gasteiger partial charge in [0, 0.05) is 53.9 Å². The van der Waals surface area contributed by atoms with Gasteiger partial charge in [-0.05, 0) is 62.3 Å². The number of nitrogens with one attached hydrogen (secondary N) is 3. The molecule has 0 unspecified atom stereocenters. The molecule has 1 aliphatic heterocycles. The molecule has 9 heteroatoms. The number of amides is 1. The summed E-state index contributed by atoms with van der Waals surface area (Å²) >= 11 is 0. The van der Waals surface area contributed by atoms with Gasteiger partial charge in [0.1, 0.15) is 11.3 Å². The lowest BCUT2D eigenvalue weighted by atomic mass is 9.87. The van der Waals surface area contributed by atoms with E-state index in [9.17, 15) is 4.79 Å². The molecule has 1 saturated heterocycles. The van der Waals surface area contributed by atoms with Crippen molar-refractivity contribution in [2.75, 3.05) is 23.3 Å². The van der Waals surface area contributed by atoms with Gasteiger partial charge in [0.25, 0.3) is 0 Å². The number of aromatic nitrogens is 6. The summed E-state index contributed by atoms with van der Waals surface area (Å²) in [5, 5.41) is 12.9. The summed E-state index contributed by atoms with van der Waals surface area (Å²) in [6.07, 6.45) is 17.5. The van der Waals surface area contributed by atoms with E-state index in [0.717, 1.165) is 70.5 Å². The number of nitrogens with zero attached hydrogens (tertiary/aromatic N) is 5. The van der Waals surface area contributed by atoms with Gasteiger partial charge in [-0.25, -0.2) is 4.98 Å². The molecule has 1 amide bonds. The van der Waals surface area contributed by atoms with Crippen molar-refractivity contribution in [3.8, 4) is 22.6 Å². The van der Waals surface area contributed by atoms with Crippen molar-refractivity contribution in [3.63, 3.8) is 0 Å². The van der Waals surface area contributed by atoms with Crippen molar-refractivity contribution < 1.29 is 4.79 Å². The second-order valence-electron chi connectivity index (χ2n) is 11.2. The summed E-state index contributed by atoms with van der Waals surface area (Å²) in [5.41, 5.74) is 6.99. The number of piperidine rings is 1. The van der Waals surface area contributed by atoms with Crippen molar-refractivity contribution in [2.45, 2.75) is 57.8 Å². The van der Waals surface area contributed by atoms with Gasteiger partial charge in [0.2, 0.25) is 5.91 Å². The zero-order valence-electron chi connectivity index (χ0n) is 22.6. The number of anilines is 2. The minimum atomic E-state index is 0.0581. The van der Waals surface area contributed by atoms with Gasteiger partial charge < -0.3 is 15.2 Å². The van der Waals surface area contributed by atoms with Gasteiger partial charge in [-0.3, -0.25) is 19.9 Å². The van der Waals surface area contributed by atoms with Crippen LogP contribution in [-0.2, 0) is 4.79 Å². The molecular formula is C31H34N8O. The molecule has 2 fully saturated rings. The smallest absolute Gasteiger partial charge is 0.224 e. The number of hydrogen-bond acceptors (Lipinski definition) is 6. The number of carbonyl (C=O) groups is 1. The predicted octanol–water partition coefficient (Wildman–Crippen LogP) is 6.46. The number of fused-ring (bicyclic) bond motifs is 2. The number of H-pyrrole nitrogens is 2. The van der Waals surface area contributed by atoms with Crippen LogP contribution in [0.2, 0.25) is 0 Å². The lowest BCUT2D eigenvalue weighted by Crippen LogP contribution is -2.29. The summed E-state index contributed by atoms with van der Waals surface area (Å²) < 4.78 is 0. The molecule has 1 saturated carbocycles. The van der Waals surface area contributed by atoms with Gasteiger partial charge >= 0.3 is 0 Å². The Morgan fingerprint density at radius 3 is 2.67 bits per heavy atom. The fourth-order valence-electron chi connectivity index (χ4n) is 6.34. The first-order valence-corrected chi connectivity index (χ1v) is 14.5. The topological polar surface area (TPSA) is 115 Å². The monoisotopic (exact) mass is 534 g/mol. The first-order chi connectivity index (χ1) is 19.7. The maximum absolute atomic E-state index is 12.7. The molecule has 9 nitrogen and oxygen atoms in total. The zero-order valence-corrected chi connectivity index (χ0v) is 22.6. The molecular weight excluding hydrogens is 500 g/mol. The van der Waals surface area contributed by atoms with E-state index in [1.165, 1.54) is 44.2 Å². The fourth-order valence-corrected chi connectivity index (χ4v) is 6.34. The van der Waals surface area contributed by atoms with E-state index in [4.69, 9.17) is 0 Å². The minimum absolute atomic E-state index is 0.0581. The van der Waals surface area contributed by atoms with Crippen LogP contribution < -0.4 is 10.2 Å². The average Bonchev–Trinajstić information content (AvgIpc) is 3.62. The first kappa shape index (κ1) is 24.7. The van der Waals surface area contributed by atoms with Crippen LogP contribution in [0.15, 0.2) is 49.1 Å². The summed E-state index contributed by atoms with van der Waals surface area (Å²) in [6.45, 7) is 2.16. The minimum Gasteiger partial charge on any atom is -0.371 e. The second-order valence-corrected chi connectivity index (χ2v) is 11.2. The molecule has 5 aromatic heterocycles. The number of aromatic amines is 2. The summed E-state index contributed by atoms with van der Waals surface area (Å²) in [6, 6.07) is 8.25. The molecule has 40 heavy (non-hydrogen) atoms. The normalized spacial score (nSPS) is 16.6. The van der Waals surface area contributed by atoms with Gasteiger partial charge in [-0.2, -0.15) is 5.10 Å². The van der Waals surface area contributed by atoms with Gasteiger partial charge in [-0.1, -0.05) is 19.3 Å². The molecule has 0 spiro atoms. The van der Waals surface area contributed by atoms with E-state index in [2.05, 4.69) is 52.5 Å². The maximum atomic E-state index is 12.7. The van der Waals surface area contributed by atoms with Crippen molar-refractivity contribution in [1.82, 2.24) is 30.1 Å². The molecule has 3 N–H and O–H groups in total. The van der Waals surface area contributed by atoms with Crippen molar-refractivity contribution in [2.24, 2.45) is 5.92 Å². The number of pyridine rings is 3. The highest BCUT2D eigenvalue weighted by molar-refractivity contribution is 5.99. The summed E-state index contributed by atoms with van der Waals surface area (Å²) in [5.74, 6) is 0.548. The Morgan fingerprint density at radius 1 is 0.950 bits per heavy atom. The molecule has 2 aliphatic rings. The van der Waals surface area contributed by atoms with Gasteiger partial charge in [0.05, 0.1) is 35.0 Å². The fraction of sp³-hybridized carbons (Fsp3) is 0.387. The Balaban J connectivity index is 1.17. The zero-order chi connectivity index (χ0) is 26.9. The predicted molar refractivity (Wildman–Crippen MR) is 158 cm³/mol. The van der Waals surface area contributed by atoms with Crippen LogP contribution in [0.3, 0.4) is 0 Å². The van der Waals surface area contributed by atoms with E-state index in [-0.39, 0.29) is 5.91 Å². The quantitative estimate of drug-likeness (QED) is 0.230. The molecule has 0 atom stereocenters. The number of carbonyl (C=O) groups excluding carboxylic acids is 1. The molecule has 204 valence electrons. The SMILES string of the molecule is O=C(CC1CCCCC1)Nc1cncc(-c2cc3c(-c4cc5c(N6CCCCC6)ccnc5[nH]4)n[nH]c3cn2)c1. The largest absolute Gasteiger partial charge is 0.371 e. The van der Waals surface area contributed by atoms with Crippen LogP contribution in [0.25, 0.3) is 44.6 Å². The van der Waals surface area contributed by atoms with Crippen LogP contribution in [-0.4, -0.2) is 49.1 Å². The Labute approximate surface area is 232 Å². The van der Waals surface area contributed by atoms with E-state index in [1.54, 1.807) is 18.6 Å². The van der Waals surface area contributed by atoms with Crippen molar-refractivity contribution in [1.29, 1.82) is 0 Å². The van der Waals surface area contributed by atoms with Gasteiger partial charge in [0.15, 0.2) is 0 Å². The Kier molecular flexibility index (Phi) is 6.63. The van der Waals surface area contributed by atoms with Crippen molar-refractivity contribution >= 4 is 39.2 Å². The summed E-state index contributed by atoms with van der Waals surface area (Å²) in [7, 11) is 0. The van der Waals surface area contributed by atoms with E-state index < -0.39 is 0 Å². The van der Waals surface area contributed by atoms with Crippen molar-refractivity contribution in [3.05, 3.63) is 49.1 Å². The number of hydrogen-bond donors (Lipinski definition) is 3. The number of rotatable bonds is 6. The third kappa shape index (κ3) is 4.92. The Bertz CT molecular complexity index is 1660. The van der Waals surface area contributed by atoms with E-state index >= 15 is 0 Å². The lowest BCUT2D eigenvalue weighted by Gasteiger charge is -2.29. The Morgan fingerprint density at radius 2 is 1.80 bits per heavy atom. The maximum Gasteiger partial charge on any atom is 0.224 e. The molecule has 0 aromatic carbocycles. The molecule has 0 bridgehead atoms. The van der Waals surface area contributed by atoms with Crippen LogP contribution in [0.4, 0.5) is 11.4 Å². The highest BCUT2D eigenvalue weighted by Gasteiger charge is 2.19. The molecule has 5 aromatic rings. The highest BCUT2D eigenvalue weighted by atomic mass is 16.1. The molecule has 1 aliphatic carbocycles. The standard InChI is InChI=1S/C31H34N8O/c40-29(13-20-7-3-1-4-8-20)35-22-14-21(17-32-18-22)25-15-23-27(19-34-25)37-38-30(23)26-16-24-28(9-10-33-31(24)36-26)39-11-5-2-6-12-39/h9-10,14-20H,1-8,11-13H2,(H,33,36)(H,35,40)(H,37,38). The molecule has 6 heterocycles. The van der Waals surface area contributed by atoms with Crippen LogP contribution in [0.5, 0.6) is 0 Å². The van der Waals surface area contributed by atoms with Crippen LogP contribution in [0.1, 0.15) is 57.8 Å².